The first kappa shape index (κ1) is 13.5. The standard InChI is InChI=1S/C15H27N3O2/c16-11-6-13(18-12-3-4-17-7-10(11)12)9-1-2-14-15(5-9)20-8-19-14/h9-15,17-18H,1-8,16H2. The Kier molecular flexibility index (Phi) is 3.73. The first-order valence-corrected chi connectivity index (χ1v) is 8.27. The topological polar surface area (TPSA) is 68.5 Å². The van der Waals surface area contributed by atoms with E-state index in [4.69, 9.17) is 15.2 Å². The summed E-state index contributed by atoms with van der Waals surface area (Å²) in [4.78, 5) is 0. The number of ether oxygens (including phenoxy) is 2. The van der Waals surface area contributed by atoms with Crippen LogP contribution in [0, 0.1) is 11.8 Å². The van der Waals surface area contributed by atoms with Gasteiger partial charge < -0.3 is 25.8 Å². The van der Waals surface area contributed by atoms with E-state index in [0.29, 0.717) is 49.0 Å². The predicted octanol–water partition coefficient (Wildman–Crippen LogP) is 0.195. The van der Waals surface area contributed by atoms with Gasteiger partial charge in [-0.05, 0) is 44.6 Å². The fourth-order valence-corrected chi connectivity index (χ4v) is 4.76. The molecule has 20 heavy (non-hydrogen) atoms. The normalized spacial score (nSPS) is 52.4. The lowest BCUT2D eigenvalue weighted by molar-refractivity contribution is 0.0353. The first-order chi connectivity index (χ1) is 9.81. The molecule has 3 saturated heterocycles. The lowest BCUT2D eigenvalue weighted by Gasteiger charge is -2.47. The van der Waals surface area contributed by atoms with Crippen LogP contribution >= 0.6 is 0 Å². The Labute approximate surface area is 120 Å². The van der Waals surface area contributed by atoms with Crippen molar-refractivity contribution in [3.05, 3.63) is 0 Å². The van der Waals surface area contributed by atoms with Crippen molar-refractivity contribution in [2.45, 2.75) is 62.4 Å². The molecule has 1 saturated carbocycles. The fraction of sp³-hybridized carbons (Fsp3) is 1.00. The molecule has 5 nitrogen and oxygen atoms in total. The van der Waals surface area contributed by atoms with E-state index in [1.54, 1.807) is 0 Å². The van der Waals surface area contributed by atoms with Crippen molar-refractivity contribution in [1.29, 1.82) is 0 Å². The first-order valence-electron chi connectivity index (χ1n) is 8.27. The van der Waals surface area contributed by atoms with Gasteiger partial charge in [0, 0.05) is 30.6 Å². The molecule has 0 amide bonds. The largest absolute Gasteiger partial charge is 0.349 e. The van der Waals surface area contributed by atoms with E-state index in [9.17, 15) is 0 Å². The summed E-state index contributed by atoms with van der Waals surface area (Å²) in [7, 11) is 0. The Bertz CT molecular complexity index is 354. The molecule has 0 aromatic rings. The summed E-state index contributed by atoms with van der Waals surface area (Å²) in [6.45, 7) is 2.70. The molecule has 3 heterocycles. The smallest absolute Gasteiger partial charge is 0.147 e. The van der Waals surface area contributed by atoms with E-state index in [0.717, 1.165) is 32.4 Å². The molecule has 4 aliphatic rings. The van der Waals surface area contributed by atoms with Gasteiger partial charge in [0.2, 0.25) is 0 Å². The van der Waals surface area contributed by atoms with Crippen LogP contribution in [0.5, 0.6) is 0 Å². The van der Waals surface area contributed by atoms with Crippen molar-refractivity contribution >= 4 is 0 Å². The number of piperidine rings is 2. The lowest BCUT2D eigenvalue weighted by atomic mass is 9.73. The molecule has 3 aliphatic heterocycles. The lowest BCUT2D eigenvalue weighted by Crippen LogP contribution is -2.63. The van der Waals surface area contributed by atoms with Gasteiger partial charge in [-0.2, -0.15) is 0 Å². The zero-order valence-electron chi connectivity index (χ0n) is 12.1. The Morgan fingerprint density at radius 2 is 1.85 bits per heavy atom. The van der Waals surface area contributed by atoms with Crippen LogP contribution in [0.2, 0.25) is 0 Å². The summed E-state index contributed by atoms with van der Waals surface area (Å²) >= 11 is 0. The van der Waals surface area contributed by atoms with Crippen molar-refractivity contribution in [1.82, 2.24) is 10.6 Å². The molecule has 7 atom stereocenters. The van der Waals surface area contributed by atoms with Crippen molar-refractivity contribution in [3.8, 4) is 0 Å². The van der Waals surface area contributed by atoms with Crippen LogP contribution in [-0.2, 0) is 9.47 Å². The zero-order valence-corrected chi connectivity index (χ0v) is 12.1. The van der Waals surface area contributed by atoms with Crippen LogP contribution in [0.4, 0.5) is 0 Å². The number of fused-ring (bicyclic) bond motifs is 2. The summed E-state index contributed by atoms with van der Waals surface area (Å²) < 4.78 is 11.3. The van der Waals surface area contributed by atoms with Crippen LogP contribution in [-0.4, -0.2) is 50.2 Å². The minimum atomic E-state index is 0.331. The summed E-state index contributed by atoms with van der Waals surface area (Å²) in [5.41, 5.74) is 6.46. The summed E-state index contributed by atoms with van der Waals surface area (Å²) in [6.07, 6.45) is 6.57. The maximum Gasteiger partial charge on any atom is 0.147 e. The van der Waals surface area contributed by atoms with Crippen LogP contribution in [0.25, 0.3) is 0 Å². The number of nitrogens with one attached hydrogen (secondary N) is 2. The van der Waals surface area contributed by atoms with E-state index < -0.39 is 0 Å². The van der Waals surface area contributed by atoms with Crippen LogP contribution in [0.1, 0.15) is 32.1 Å². The SMILES string of the molecule is NC1CC(C2CCC3OCOC3C2)NC2CCNCC12. The van der Waals surface area contributed by atoms with Crippen LogP contribution in [0.3, 0.4) is 0 Å². The Balaban J connectivity index is 1.41. The number of hydrogen-bond acceptors (Lipinski definition) is 5. The average Bonchev–Trinajstić information content (AvgIpc) is 2.94. The molecule has 7 unspecified atom stereocenters. The van der Waals surface area contributed by atoms with Gasteiger partial charge in [-0.1, -0.05) is 0 Å². The Hall–Kier alpha value is -0.200. The third-order valence-electron chi connectivity index (χ3n) is 5.94. The molecule has 4 rings (SSSR count). The van der Waals surface area contributed by atoms with E-state index >= 15 is 0 Å². The summed E-state index contributed by atoms with van der Waals surface area (Å²) in [5, 5.41) is 7.40. The van der Waals surface area contributed by atoms with Crippen molar-refractivity contribution < 1.29 is 9.47 Å². The molecule has 0 radical (unpaired) electrons. The number of rotatable bonds is 1. The van der Waals surface area contributed by atoms with Crippen molar-refractivity contribution in [3.63, 3.8) is 0 Å². The maximum atomic E-state index is 6.46. The highest BCUT2D eigenvalue weighted by Crippen LogP contribution is 2.37. The van der Waals surface area contributed by atoms with E-state index in [1.807, 2.05) is 0 Å². The summed E-state index contributed by atoms with van der Waals surface area (Å²) in [5.74, 6) is 1.32. The van der Waals surface area contributed by atoms with Crippen LogP contribution in [0.15, 0.2) is 0 Å². The average molecular weight is 281 g/mol. The zero-order chi connectivity index (χ0) is 13.5. The molecule has 0 aromatic heterocycles. The molecule has 0 aromatic carbocycles. The minimum Gasteiger partial charge on any atom is -0.349 e. The highest BCUT2D eigenvalue weighted by Gasteiger charge is 2.43. The van der Waals surface area contributed by atoms with Gasteiger partial charge in [0.15, 0.2) is 0 Å². The number of hydrogen-bond donors (Lipinski definition) is 3. The predicted molar refractivity (Wildman–Crippen MR) is 76.2 cm³/mol. The molecule has 114 valence electrons. The van der Waals surface area contributed by atoms with E-state index in [2.05, 4.69) is 10.6 Å². The second-order valence-corrected chi connectivity index (χ2v) is 7.04. The third kappa shape index (κ3) is 2.40. The summed E-state index contributed by atoms with van der Waals surface area (Å²) in [6, 6.07) is 1.54. The second-order valence-electron chi connectivity index (χ2n) is 7.04. The van der Waals surface area contributed by atoms with E-state index in [-0.39, 0.29) is 0 Å². The monoisotopic (exact) mass is 281 g/mol. The highest BCUT2D eigenvalue weighted by atomic mass is 16.7. The molecule has 5 heteroatoms. The van der Waals surface area contributed by atoms with Gasteiger partial charge in [0.1, 0.15) is 6.79 Å². The molecule has 4 N–H and O–H groups in total. The van der Waals surface area contributed by atoms with Crippen LogP contribution < -0.4 is 16.4 Å². The molecular formula is C15H27N3O2. The van der Waals surface area contributed by atoms with Gasteiger partial charge in [-0.25, -0.2) is 0 Å². The Morgan fingerprint density at radius 1 is 0.950 bits per heavy atom. The minimum absolute atomic E-state index is 0.331. The molecule has 0 spiro atoms. The fourth-order valence-electron chi connectivity index (χ4n) is 4.76. The maximum absolute atomic E-state index is 6.46. The quantitative estimate of drug-likeness (QED) is 0.640. The van der Waals surface area contributed by atoms with Gasteiger partial charge in [0.25, 0.3) is 0 Å². The molecule has 1 aliphatic carbocycles. The Morgan fingerprint density at radius 3 is 2.80 bits per heavy atom. The molecule has 4 fully saturated rings. The number of nitrogens with two attached hydrogens (primary N) is 1. The van der Waals surface area contributed by atoms with Gasteiger partial charge in [-0.15, -0.1) is 0 Å². The van der Waals surface area contributed by atoms with Gasteiger partial charge >= 0.3 is 0 Å². The molecule has 0 bridgehead atoms. The highest BCUT2D eigenvalue weighted by molar-refractivity contribution is 5.00. The van der Waals surface area contributed by atoms with Crippen molar-refractivity contribution in [2.75, 3.05) is 19.9 Å². The van der Waals surface area contributed by atoms with E-state index in [1.165, 1.54) is 12.8 Å². The van der Waals surface area contributed by atoms with Gasteiger partial charge in [-0.3, -0.25) is 0 Å². The van der Waals surface area contributed by atoms with Gasteiger partial charge in [0.05, 0.1) is 12.2 Å². The second kappa shape index (κ2) is 5.54. The third-order valence-corrected chi connectivity index (χ3v) is 5.94. The molecular weight excluding hydrogens is 254 g/mol. The van der Waals surface area contributed by atoms with Crippen molar-refractivity contribution in [2.24, 2.45) is 17.6 Å².